The van der Waals surface area contributed by atoms with Crippen molar-refractivity contribution in [1.29, 1.82) is 0 Å². The molecule has 2 amide bonds. The van der Waals surface area contributed by atoms with Crippen molar-refractivity contribution in [2.75, 3.05) is 20.7 Å². The molecule has 0 radical (unpaired) electrons. The molecule has 2 atom stereocenters. The zero-order valence-electron chi connectivity index (χ0n) is 11.2. The Balaban J connectivity index is 2.54. The van der Waals surface area contributed by atoms with Crippen molar-refractivity contribution in [2.45, 2.75) is 31.7 Å². The number of methoxy groups -OCH3 is 1. The van der Waals surface area contributed by atoms with Gasteiger partial charge in [0.2, 0.25) is 0 Å². The van der Waals surface area contributed by atoms with Gasteiger partial charge in [0.25, 0.3) is 0 Å². The maximum atomic E-state index is 11.8. The van der Waals surface area contributed by atoms with Crippen LogP contribution in [0.4, 0.5) is 4.79 Å². The smallest absolute Gasteiger partial charge is 0.325 e. The van der Waals surface area contributed by atoms with Gasteiger partial charge in [-0.15, -0.1) is 0 Å². The highest BCUT2D eigenvalue weighted by Gasteiger charge is 2.32. The molecule has 1 aliphatic carbocycles. The van der Waals surface area contributed by atoms with Gasteiger partial charge in [0.05, 0.1) is 13.0 Å². The van der Waals surface area contributed by atoms with Gasteiger partial charge in [0.15, 0.2) is 0 Å². The van der Waals surface area contributed by atoms with Gasteiger partial charge in [-0.25, -0.2) is 4.79 Å². The fraction of sp³-hybridized carbons (Fsp3) is 0.750. The van der Waals surface area contributed by atoms with E-state index in [9.17, 15) is 14.4 Å². The summed E-state index contributed by atoms with van der Waals surface area (Å²) < 4.78 is 4.47. The number of nitrogens with one attached hydrogen (secondary N) is 1. The number of carboxylic acid groups (broad SMARTS) is 1. The minimum absolute atomic E-state index is 0.160. The van der Waals surface area contributed by atoms with Crippen molar-refractivity contribution in [3.05, 3.63) is 0 Å². The Kier molecular flexibility index (Phi) is 5.59. The summed E-state index contributed by atoms with van der Waals surface area (Å²) in [6, 6.07) is -0.831. The highest BCUT2D eigenvalue weighted by atomic mass is 16.5. The van der Waals surface area contributed by atoms with Crippen LogP contribution in [0.5, 0.6) is 0 Å². The number of carbonyl (C=O) groups excluding carboxylic acids is 2. The summed E-state index contributed by atoms with van der Waals surface area (Å²) in [6.07, 6.45) is 2.98. The maximum absolute atomic E-state index is 11.8. The van der Waals surface area contributed by atoms with Gasteiger partial charge in [0, 0.05) is 13.1 Å². The van der Waals surface area contributed by atoms with Crippen LogP contribution in [0.1, 0.15) is 25.7 Å². The van der Waals surface area contributed by atoms with Gasteiger partial charge in [0.1, 0.15) is 6.54 Å². The van der Waals surface area contributed by atoms with E-state index in [1.54, 1.807) is 0 Å². The molecule has 7 heteroatoms. The third-order valence-corrected chi connectivity index (χ3v) is 3.33. The van der Waals surface area contributed by atoms with Gasteiger partial charge in [-0.2, -0.15) is 0 Å². The molecule has 0 spiro atoms. The SMILES string of the molecule is COC(=O)CN(C)C(=O)NC1CCCCC1C(=O)O. The molecule has 108 valence electrons. The third kappa shape index (κ3) is 4.42. The van der Waals surface area contributed by atoms with E-state index in [0.717, 1.165) is 12.8 Å². The van der Waals surface area contributed by atoms with E-state index in [4.69, 9.17) is 5.11 Å². The van der Waals surface area contributed by atoms with E-state index < -0.39 is 23.9 Å². The number of amides is 2. The first-order chi connectivity index (χ1) is 8.95. The molecule has 0 bridgehead atoms. The summed E-state index contributed by atoms with van der Waals surface area (Å²) in [5.41, 5.74) is 0. The van der Waals surface area contributed by atoms with Gasteiger partial charge < -0.3 is 20.1 Å². The number of carbonyl (C=O) groups is 3. The zero-order valence-corrected chi connectivity index (χ0v) is 11.2. The number of likely N-dealkylation sites (N-methyl/N-ethyl adjacent to an activating group) is 1. The number of ether oxygens (including phenoxy) is 1. The average molecular weight is 272 g/mol. The van der Waals surface area contributed by atoms with Gasteiger partial charge in [-0.1, -0.05) is 12.8 Å². The van der Waals surface area contributed by atoms with E-state index in [2.05, 4.69) is 10.1 Å². The predicted octanol–water partition coefficient (Wildman–Crippen LogP) is 0.444. The molecule has 1 saturated carbocycles. The first-order valence-electron chi connectivity index (χ1n) is 6.27. The molecule has 7 nitrogen and oxygen atoms in total. The standard InChI is InChI=1S/C12H20N2O5/c1-14(7-10(15)19-2)12(18)13-9-6-4-3-5-8(9)11(16)17/h8-9H,3-7H2,1-2H3,(H,13,18)(H,16,17). The molecule has 2 unspecified atom stereocenters. The lowest BCUT2D eigenvalue weighted by Crippen LogP contribution is -2.50. The van der Waals surface area contributed by atoms with Crippen LogP contribution in [0, 0.1) is 5.92 Å². The number of nitrogens with zero attached hydrogens (tertiary/aromatic N) is 1. The molecule has 0 aliphatic heterocycles. The lowest BCUT2D eigenvalue weighted by Gasteiger charge is -2.30. The average Bonchev–Trinajstić information content (AvgIpc) is 2.38. The maximum Gasteiger partial charge on any atom is 0.325 e. The molecule has 0 aromatic rings. The van der Waals surface area contributed by atoms with E-state index in [1.807, 2.05) is 0 Å². The van der Waals surface area contributed by atoms with Gasteiger partial charge in [-0.05, 0) is 12.8 Å². The fourth-order valence-electron chi connectivity index (χ4n) is 2.20. The molecule has 2 N–H and O–H groups in total. The minimum Gasteiger partial charge on any atom is -0.481 e. The molecule has 0 aromatic heterocycles. The number of rotatable bonds is 4. The normalized spacial score (nSPS) is 22.4. The summed E-state index contributed by atoms with van der Waals surface area (Å²) in [6.45, 7) is -0.160. The number of hydrogen-bond donors (Lipinski definition) is 2. The highest BCUT2D eigenvalue weighted by Crippen LogP contribution is 2.24. The van der Waals surface area contributed by atoms with Crippen molar-refractivity contribution >= 4 is 18.0 Å². The Morgan fingerprint density at radius 2 is 1.95 bits per heavy atom. The van der Waals surface area contributed by atoms with E-state index in [1.165, 1.54) is 19.1 Å². The number of hydrogen-bond acceptors (Lipinski definition) is 4. The largest absolute Gasteiger partial charge is 0.481 e. The Morgan fingerprint density at radius 3 is 2.53 bits per heavy atom. The first-order valence-corrected chi connectivity index (χ1v) is 6.27. The minimum atomic E-state index is -0.888. The van der Waals surface area contributed by atoms with Crippen LogP contribution in [0.3, 0.4) is 0 Å². The third-order valence-electron chi connectivity index (χ3n) is 3.33. The second kappa shape index (κ2) is 6.96. The lowest BCUT2D eigenvalue weighted by atomic mass is 9.84. The van der Waals surface area contributed by atoms with Crippen molar-refractivity contribution in [1.82, 2.24) is 10.2 Å². The topological polar surface area (TPSA) is 95.9 Å². The molecule has 0 saturated heterocycles. The molecule has 1 aliphatic rings. The molecular formula is C12H20N2O5. The van der Waals surface area contributed by atoms with Crippen LogP contribution in [0.25, 0.3) is 0 Å². The Labute approximate surface area is 111 Å². The summed E-state index contributed by atoms with van der Waals surface area (Å²) in [5, 5.41) is 11.8. The van der Waals surface area contributed by atoms with Gasteiger partial charge >= 0.3 is 18.0 Å². The van der Waals surface area contributed by atoms with Crippen molar-refractivity contribution < 1.29 is 24.2 Å². The number of carboxylic acids is 1. The van der Waals surface area contributed by atoms with Crippen LogP contribution in [-0.2, 0) is 14.3 Å². The zero-order chi connectivity index (χ0) is 14.4. The molecule has 1 rings (SSSR count). The monoisotopic (exact) mass is 272 g/mol. The predicted molar refractivity (Wildman–Crippen MR) is 66.6 cm³/mol. The van der Waals surface area contributed by atoms with Gasteiger partial charge in [-0.3, -0.25) is 9.59 Å². The molecule has 19 heavy (non-hydrogen) atoms. The Hall–Kier alpha value is -1.79. The van der Waals surface area contributed by atoms with Crippen LogP contribution >= 0.6 is 0 Å². The second-order valence-electron chi connectivity index (χ2n) is 4.72. The number of urea groups is 1. The highest BCUT2D eigenvalue weighted by molar-refractivity contribution is 5.81. The van der Waals surface area contributed by atoms with Crippen LogP contribution < -0.4 is 5.32 Å². The Bertz CT molecular complexity index is 358. The summed E-state index contributed by atoms with van der Waals surface area (Å²) in [7, 11) is 2.71. The Morgan fingerprint density at radius 1 is 1.32 bits per heavy atom. The summed E-state index contributed by atoms with van der Waals surface area (Å²) in [4.78, 5) is 35.2. The molecule has 0 heterocycles. The second-order valence-corrected chi connectivity index (χ2v) is 4.72. The summed E-state index contributed by atoms with van der Waals surface area (Å²) >= 11 is 0. The van der Waals surface area contributed by atoms with Crippen molar-refractivity contribution in [3.8, 4) is 0 Å². The number of esters is 1. The number of aliphatic carboxylic acids is 1. The fourth-order valence-corrected chi connectivity index (χ4v) is 2.20. The van der Waals surface area contributed by atoms with Crippen LogP contribution in [0.15, 0.2) is 0 Å². The van der Waals surface area contributed by atoms with E-state index in [-0.39, 0.29) is 12.6 Å². The lowest BCUT2D eigenvalue weighted by molar-refractivity contribution is -0.144. The quantitative estimate of drug-likeness (QED) is 0.724. The molecule has 1 fully saturated rings. The van der Waals surface area contributed by atoms with Crippen molar-refractivity contribution in [2.24, 2.45) is 5.92 Å². The van der Waals surface area contributed by atoms with Crippen molar-refractivity contribution in [3.63, 3.8) is 0 Å². The van der Waals surface area contributed by atoms with E-state index in [0.29, 0.717) is 12.8 Å². The summed E-state index contributed by atoms with van der Waals surface area (Å²) in [5.74, 6) is -1.96. The first kappa shape index (κ1) is 15.3. The molecule has 0 aromatic carbocycles. The van der Waals surface area contributed by atoms with E-state index >= 15 is 0 Å². The molecular weight excluding hydrogens is 252 g/mol. The van der Waals surface area contributed by atoms with Crippen LogP contribution in [0.2, 0.25) is 0 Å². The van der Waals surface area contributed by atoms with Crippen LogP contribution in [-0.4, -0.2) is 54.7 Å².